The second-order valence-corrected chi connectivity index (χ2v) is 4.82. The Bertz CT molecular complexity index is 470. The van der Waals surface area contributed by atoms with Crippen LogP contribution in [0.4, 0.5) is 0 Å². The molecule has 2 rings (SSSR count). The maximum absolute atomic E-state index is 11.6. The minimum absolute atomic E-state index is 0.130. The largest absolute Gasteiger partial charge is 0.481 e. The predicted octanol–water partition coefficient (Wildman–Crippen LogP) is 1.37. The van der Waals surface area contributed by atoms with Crippen LogP contribution in [0, 0.1) is 18.8 Å². The van der Waals surface area contributed by atoms with E-state index in [4.69, 9.17) is 5.11 Å². The normalized spacial score (nSPS) is 21.4. The molecular weight excluding hydrogens is 230 g/mol. The molecule has 1 aliphatic rings. The summed E-state index contributed by atoms with van der Waals surface area (Å²) in [6.07, 6.45) is 1.25. The molecule has 1 amide bonds. The van der Waals surface area contributed by atoms with Crippen LogP contribution < -0.4 is 5.32 Å². The number of aliphatic carboxylic acids is 1. The molecule has 96 valence electrons. The molecule has 4 nitrogen and oxygen atoms in total. The van der Waals surface area contributed by atoms with Gasteiger partial charge in [0.15, 0.2) is 0 Å². The summed E-state index contributed by atoms with van der Waals surface area (Å²) < 4.78 is 0. The van der Waals surface area contributed by atoms with E-state index < -0.39 is 11.9 Å². The van der Waals surface area contributed by atoms with E-state index in [0.29, 0.717) is 13.0 Å². The number of carbonyl (C=O) groups is 2. The summed E-state index contributed by atoms with van der Waals surface area (Å²) in [6, 6.07) is 8.14. The third-order valence-corrected chi connectivity index (χ3v) is 3.24. The molecule has 18 heavy (non-hydrogen) atoms. The van der Waals surface area contributed by atoms with Crippen molar-refractivity contribution < 1.29 is 14.7 Å². The molecule has 0 aliphatic heterocycles. The topological polar surface area (TPSA) is 66.4 Å². The molecule has 1 saturated carbocycles. The number of hydrogen-bond donors (Lipinski definition) is 2. The lowest BCUT2D eigenvalue weighted by Crippen LogP contribution is -2.28. The summed E-state index contributed by atoms with van der Waals surface area (Å²) in [5, 5.41) is 11.5. The number of amides is 1. The fourth-order valence-electron chi connectivity index (χ4n) is 2.09. The molecule has 1 aliphatic carbocycles. The van der Waals surface area contributed by atoms with Gasteiger partial charge < -0.3 is 10.4 Å². The Morgan fingerprint density at radius 3 is 2.78 bits per heavy atom. The van der Waals surface area contributed by atoms with E-state index in [-0.39, 0.29) is 11.8 Å². The summed E-state index contributed by atoms with van der Waals surface area (Å²) in [5.74, 6) is -1.78. The fraction of sp³-hybridized carbons (Fsp3) is 0.429. The summed E-state index contributed by atoms with van der Waals surface area (Å²) in [4.78, 5) is 22.2. The van der Waals surface area contributed by atoms with Gasteiger partial charge in [-0.2, -0.15) is 0 Å². The van der Waals surface area contributed by atoms with Gasteiger partial charge in [0.25, 0.3) is 0 Å². The SMILES string of the molecule is Cc1cccc(CCNC(=O)C2CC2C(=O)O)c1. The van der Waals surface area contributed by atoms with E-state index in [1.807, 2.05) is 25.1 Å². The van der Waals surface area contributed by atoms with Crippen molar-refractivity contribution >= 4 is 11.9 Å². The molecule has 2 N–H and O–H groups in total. The number of benzene rings is 1. The van der Waals surface area contributed by atoms with Gasteiger partial charge in [-0.3, -0.25) is 9.59 Å². The summed E-state index contributed by atoms with van der Waals surface area (Å²) in [7, 11) is 0. The minimum atomic E-state index is -0.867. The van der Waals surface area contributed by atoms with Crippen molar-refractivity contribution in [3.05, 3.63) is 35.4 Å². The number of carboxylic acids is 1. The summed E-state index contributed by atoms with van der Waals surface area (Å²) in [6.45, 7) is 2.59. The second-order valence-electron chi connectivity index (χ2n) is 4.82. The number of carbonyl (C=O) groups excluding carboxylic acids is 1. The molecule has 0 spiro atoms. The van der Waals surface area contributed by atoms with Gasteiger partial charge in [0.05, 0.1) is 11.8 Å². The van der Waals surface area contributed by atoms with Gasteiger partial charge in [0.2, 0.25) is 5.91 Å². The minimum Gasteiger partial charge on any atom is -0.481 e. The molecule has 0 saturated heterocycles. The average molecular weight is 247 g/mol. The Morgan fingerprint density at radius 2 is 2.17 bits per heavy atom. The monoisotopic (exact) mass is 247 g/mol. The first-order chi connectivity index (χ1) is 8.58. The van der Waals surface area contributed by atoms with Crippen molar-refractivity contribution in [2.24, 2.45) is 11.8 Å². The van der Waals surface area contributed by atoms with Crippen molar-refractivity contribution in [2.75, 3.05) is 6.54 Å². The number of nitrogens with one attached hydrogen (secondary N) is 1. The molecule has 1 aromatic rings. The van der Waals surface area contributed by atoms with E-state index in [1.165, 1.54) is 11.1 Å². The van der Waals surface area contributed by atoms with E-state index in [9.17, 15) is 9.59 Å². The zero-order chi connectivity index (χ0) is 13.1. The van der Waals surface area contributed by atoms with Gasteiger partial charge in [0.1, 0.15) is 0 Å². The molecule has 1 fully saturated rings. The van der Waals surface area contributed by atoms with E-state index in [1.54, 1.807) is 0 Å². The van der Waals surface area contributed by atoms with Crippen LogP contribution in [0.5, 0.6) is 0 Å². The zero-order valence-electron chi connectivity index (χ0n) is 10.3. The average Bonchev–Trinajstić information content (AvgIpc) is 3.09. The first kappa shape index (κ1) is 12.6. The molecule has 0 aromatic heterocycles. The lowest BCUT2D eigenvalue weighted by atomic mass is 10.1. The molecule has 0 bridgehead atoms. The third-order valence-electron chi connectivity index (χ3n) is 3.24. The van der Waals surface area contributed by atoms with E-state index in [2.05, 4.69) is 11.4 Å². The van der Waals surface area contributed by atoms with Gasteiger partial charge in [-0.15, -0.1) is 0 Å². The van der Waals surface area contributed by atoms with Crippen molar-refractivity contribution in [3.63, 3.8) is 0 Å². The summed E-state index contributed by atoms with van der Waals surface area (Å²) >= 11 is 0. The molecule has 0 heterocycles. The highest BCUT2D eigenvalue weighted by molar-refractivity contribution is 5.89. The highest BCUT2D eigenvalue weighted by atomic mass is 16.4. The van der Waals surface area contributed by atoms with Gasteiger partial charge >= 0.3 is 5.97 Å². The number of hydrogen-bond acceptors (Lipinski definition) is 2. The molecular formula is C14H17NO3. The van der Waals surface area contributed by atoms with Crippen LogP contribution in [-0.2, 0) is 16.0 Å². The quantitative estimate of drug-likeness (QED) is 0.826. The van der Waals surface area contributed by atoms with Crippen LogP contribution in [0.1, 0.15) is 17.5 Å². The lowest BCUT2D eigenvalue weighted by Gasteiger charge is -2.05. The van der Waals surface area contributed by atoms with E-state index in [0.717, 1.165) is 6.42 Å². The maximum Gasteiger partial charge on any atom is 0.307 e. The molecule has 0 radical (unpaired) electrons. The first-order valence-electron chi connectivity index (χ1n) is 6.14. The van der Waals surface area contributed by atoms with E-state index >= 15 is 0 Å². The predicted molar refractivity (Wildman–Crippen MR) is 67.1 cm³/mol. The Labute approximate surface area is 106 Å². The number of carboxylic acid groups (broad SMARTS) is 1. The fourth-order valence-corrected chi connectivity index (χ4v) is 2.09. The second kappa shape index (κ2) is 5.21. The van der Waals surface area contributed by atoms with Gasteiger partial charge in [0, 0.05) is 6.54 Å². The molecule has 4 heteroatoms. The zero-order valence-corrected chi connectivity index (χ0v) is 10.3. The van der Waals surface area contributed by atoms with Gasteiger partial charge in [-0.25, -0.2) is 0 Å². The Kier molecular flexibility index (Phi) is 3.65. The van der Waals surface area contributed by atoms with Crippen molar-refractivity contribution in [1.29, 1.82) is 0 Å². The molecule has 1 aromatic carbocycles. The Balaban J connectivity index is 1.73. The number of aryl methyl sites for hydroxylation is 1. The lowest BCUT2D eigenvalue weighted by molar-refractivity contribution is -0.140. The Morgan fingerprint density at radius 1 is 1.39 bits per heavy atom. The van der Waals surface area contributed by atoms with Crippen molar-refractivity contribution in [3.8, 4) is 0 Å². The van der Waals surface area contributed by atoms with Crippen LogP contribution in [0.3, 0.4) is 0 Å². The molecule has 2 unspecified atom stereocenters. The van der Waals surface area contributed by atoms with Crippen molar-refractivity contribution in [2.45, 2.75) is 19.8 Å². The van der Waals surface area contributed by atoms with Gasteiger partial charge in [-0.05, 0) is 25.3 Å². The number of rotatable bonds is 5. The van der Waals surface area contributed by atoms with Crippen LogP contribution >= 0.6 is 0 Å². The third kappa shape index (κ3) is 3.09. The van der Waals surface area contributed by atoms with Gasteiger partial charge in [-0.1, -0.05) is 29.8 Å². The highest BCUT2D eigenvalue weighted by Gasteiger charge is 2.48. The smallest absolute Gasteiger partial charge is 0.307 e. The van der Waals surface area contributed by atoms with Crippen LogP contribution in [0.25, 0.3) is 0 Å². The highest BCUT2D eigenvalue weighted by Crippen LogP contribution is 2.38. The van der Waals surface area contributed by atoms with Crippen LogP contribution in [0.2, 0.25) is 0 Å². The molecule has 2 atom stereocenters. The first-order valence-corrected chi connectivity index (χ1v) is 6.14. The van der Waals surface area contributed by atoms with Crippen LogP contribution in [-0.4, -0.2) is 23.5 Å². The van der Waals surface area contributed by atoms with Crippen LogP contribution in [0.15, 0.2) is 24.3 Å². The van der Waals surface area contributed by atoms with Crippen molar-refractivity contribution in [1.82, 2.24) is 5.32 Å². The summed E-state index contributed by atoms with van der Waals surface area (Å²) in [5.41, 5.74) is 2.38. The Hall–Kier alpha value is -1.84. The standard InChI is InChI=1S/C14H17NO3/c1-9-3-2-4-10(7-9)5-6-15-13(16)11-8-12(11)14(17)18/h2-4,7,11-12H,5-6,8H2,1H3,(H,15,16)(H,17,18). The maximum atomic E-state index is 11.6.